The number of hydrogen-bond acceptors (Lipinski definition) is 1. The molecule has 0 amide bonds. The van der Waals surface area contributed by atoms with Crippen molar-refractivity contribution in [3.05, 3.63) is 12.2 Å². The van der Waals surface area contributed by atoms with E-state index in [0.29, 0.717) is 17.3 Å². The van der Waals surface area contributed by atoms with Crippen LogP contribution in [0.2, 0.25) is 0 Å². The van der Waals surface area contributed by atoms with E-state index in [-0.39, 0.29) is 6.10 Å². The Balaban J connectivity index is 2.04. The maximum absolute atomic E-state index is 10.3. The van der Waals surface area contributed by atoms with Crippen LogP contribution in [0.5, 0.6) is 0 Å². The van der Waals surface area contributed by atoms with Crippen molar-refractivity contribution in [1.29, 1.82) is 0 Å². The predicted octanol–water partition coefficient (Wildman–Crippen LogP) is 4.17. The summed E-state index contributed by atoms with van der Waals surface area (Å²) in [5.74, 6) is 1.94. The minimum Gasteiger partial charge on any atom is -0.393 e. The van der Waals surface area contributed by atoms with Gasteiger partial charge in [0.25, 0.3) is 0 Å². The molecule has 0 bridgehead atoms. The van der Waals surface area contributed by atoms with Gasteiger partial charge in [0, 0.05) is 0 Å². The van der Waals surface area contributed by atoms with E-state index in [1.165, 1.54) is 32.1 Å². The van der Waals surface area contributed by atoms with E-state index in [4.69, 9.17) is 0 Å². The van der Waals surface area contributed by atoms with Gasteiger partial charge >= 0.3 is 0 Å². The van der Waals surface area contributed by atoms with E-state index < -0.39 is 0 Å². The third kappa shape index (κ3) is 3.13. The molecule has 0 saturated heterocycles. The summed E-state index contributed by atoms with van der Waals surface area (Å²) in [6, 6.07) is 0. The van der Waals surface area contributed by atoms with Gasteiger partial charge < -0.3 is 5.11 Å². The Bertz CT molecular complexity index is 274. The first kappa shape index (κ1) is 13.1. The highest BCUT2D eigenvalue weighted by Gasteiger charge is 2.38. The molecular weight excluding hydrogens is 208 g/mol. The van der Waals surface area contributed by atoms with Gasteiger partial charge in [-0.05, 0) is 61.7 Å². The quantitative estimate of drug-likeness (QED) is 0.678. The van der Waals surface area contributed by atoms with Crippen LogP contribution in [-0.2, 0) is 0 Å². The van der Waals surface area contributed by atoms with Gasteiger partial charge in [0.2, 0.25) is 0 Å². The van der Waals surface area contributed by atoms with Gasteiger partial charge in [0.1, 0.15) is 0 Å². The Morgan fingerprint density at radius 2 is 1.88 bits per heavy atom. The Morgan fingerprint density at radius 3 is 2.47 bits per heavy atom. The SMILES string of the molecule is CC(C)(C)C1CCC(O)C(C2C=CCCC2)C1. The Labute approximate surface area is 106 Å². The van der Waals surface area contributed by atoms with Crippen LogP contribution in [0.1, 0.15) is 59.3 Å². The molecule has 1 heteroatoms. The summed E-state index contributed by atoms with van der Waals surface area (Å²) in [5.41, 5.74) is 0.400. The molecule has 2 aliphatic carbocycles. The van der Waals surface area contributed by atoms with Crippen LogP contribution in [0.25, 0.3) is 0 Å². The molecule has 2 rings (SSSR count). The van der Waals surface area contributed by atoms with Crippen molar-refractivity contribution in [2.24, 2.45) is 23.2 Å². The highest BCUT2D eigenvalue weighted by molar-refractivity contribution is 4.99. The normalized spacial score (nSPS) is 39.3. The average Bonchev–Trinajstić information content (AvgIpc) is 2.29. The molecule has 1 fully saturated rings. The van der Waals surface area contributed by atoms with Crippen molar-refractivity contribution >= 4 is 0 Å². The fraction of sp³-hybridized carbons (Fsp3) is 0.875. The highest BCUT2D eigenvalue weighted by atomic mass is 16.3. The lowest BCUT2D eigenvalue weighted by Gasteiger charge is -2.43. The zero-order valence-corrected chi connectivity index (χ0v) is 11.7. The van der Waals surface area contributed by atoms with Crippen molar-refractivity contribution < 1.29 is 5.11 Å². The van der Waals surface area contributed by atoms with Crippen molar-refractivity contribution in [3.63, 3.8) is 0 Å². The van der Waals surface area contributed by atoms with Crippen LogP contribution < -0.4 is 0 Å². The van der Waals surface area contributed by atoms with Gasteiger partial charge in [-0.15, -0.1) is 0 Å². The summed E-state index contributed by atoms with van der Waals surface area (Å²) in [6.45, 7) is 7.05. The van der Waals surface area contributed by atoms with E-state index in [9.17, 15) is 5.11 Å². The van der Waals surface area contributed by atoms with E-state index in [0.717, 1.165) is 12.3 Å². The molecule has 17 heavy (non-hydrogen) atoms. The number of aliphatic hydroxyl groups excluding tert-OH is 1. The fourth-order valence-corrected chi connectivity index (χ4v) is 3.63. The minimum atomic E-state index is -0.0543. The number of aliphatic hydroxyl groups is 1. The Kier molecular flexibility index (Phi) is 3.97. The molecule has 1 N–H and O–H groups in total. The second kappa shape index (κ2) is 5.14. The molecule has 1 saturated carbocycles. The first-order valence-electron chi connectivity index (χ1n) is 7.33. The van der Waals surface area contributed by atoms with Crippen LogP contribution >= 0.6 is 0 Å². The fourth-order valence-electron chi connectivity index (χ4n) is 3.63. The van der Waals surface area contributed by atoms with Crippen molar-refractivity contribution in [3.8, 4) is 0 Å². The Hall–Kier alpha value is -0.300. The number of hydrogen-bond donors (Lipinski definition) is 1. The number of allylic oxidation sites excluding steroid dienone is 2. The topological polar surface area (TPSA) is 20.2 Å². The summed E-state index contributed by atoms with van der Waals surface area (Å²) in [4.78, 5) is 0. The van der Waals surface area contributed by atoms with Gasteiger partial charge in [-0.2, -0.15) is 0 Å². The molecule has 98 valence electrons. The van der Waals surface area contributed by atoms with Crippen LogP contribution in [0, 0.1) is 23.2 Å². The van der Waals surface area contributed by atoms with Gasteiger partial charge in [0.15, 0.2) is 0 Å². The molecule has 4 unspecified atom stereocenters. The number of rotatable bonds is 1. The molecule has 0 radical (unpaired) electrons. The molecule has 1 nitrogen and oxygen atoms in total. The van der Waals surface area contributed by atoms with Crippen LogP contribution in [0.15, 0.2) is 12.2 Å². The summed E-state index contributed by atoms with van der Waals surface area (Å²) in [6.07, 6.45) is 11.9. The van der Waals surface area contributed by atoms with E-state index in [2.05, 4.69) is 32.9 Å². The molecular formula is C16H28O. The van der Waals surface area contributed by atoms with Gasteiger partial charge in [0.05, 0.1) is 6.10 Å². The largest absolute Gasteiger partial charge is 0.393 e. The smallest absolute Gasteiger partial charge is 0.0574 e. The lowest BCUT2D eigenvalue weighted by molar-refractivity contribution is -0.000956. The lowest BCUT2D eigenvalue weighted by Crippen LogP contribution is -2.38. The first-order chi connectivity index (χ1) is 7.98. The van der Waals surface area contributed by atoms with E-state index >= 15 is 0 Å². The van der Waals surface area contributed by atoms with Gasteiger partial charge in [-0.1, -0.05) is 32.9 Å². The first-order valence-corrected chi connectivity index (χ1v) is 7.33. The molecule has 0 aromatic rings. The van der Waals surface area contributed by atoms with Gasteiger partial charge in [-0.3, -0.25) is 0 Å². The molecule has 4 atom stereocenters. The minimum absolute atomic E-state index is 0.0543. The highest BCUT2D eigenvalue weighted by Crippen LogP contribution is 2.44. The molecule has 0 aromatic carbocycles. The monoisotopic (exact) mass is 236 g/mol. The maximum atomic E-state index is 10.3. The van der Waals surface area contributed by atoms with Crippen LogP contribution in [-0.4, -0.2) is 11.2 Å². The van der Waals surface area contributed by atoms with Crippen molar-refractivity contribution in [2.45, 2.75) is 65.4 Å². The zero-order chi connectivity index (χ0) is 12.5. The predicted molar refractivity (Wildman–Crippen MR) is 72.8 cm³/mol. The van der Waals surface area contributed by atoms with Crippen LogP contribution in [0.3, 0.4) is 0 Å². The summed E-state index contributed by atoms with van der Waals surface area (Å²) in [7, 11) is 0. The molecule has 0 aliphatic heterocycles. The average molecular weight is 236 g/mol. The summed E-state index contributed by atoms with van der Waals surface area (Å²) >= 11 is 0. The third-order valence-electron chi connectivity index (χ3n) is 4.93. The van der Waals surface area contributed by atoms with Gasteiger partial charge in [-0.25, -0.2) is 0 Å². The summed E-state index contributed by atoms with van der Waals surface area (Å²) < 4.78 is 0. The maximum Gasteiger partial charge on any atom is 0.0574 e. The molecule has 0 aromatic heterocycles. The molecule has 0 spiro atoms. The second-order valence-electron chi connectivity index (χ2n) is 7.13. The van der Waals surface area contributed by atoms with E-state index in [1.54, 1.807) is 0 Å². The Morgan fingerprint density at radius 1 is 1.12 bits per heavy atom. The second-order valence-corrected chi connectivity index (χ2v) is 7.13. The van der Waals surface area contributed by atoms with Crippen LogP contribution in [0.4, 0.5) is 0 Å². The van der Waals surface area contributed by atoms with Crippen molar-refractivity contribution in [2.75, 3.05) is 0 Å². The standard InChI is InChI=1S/C16H28O/c1-16(2,3)13-9-10-15(17)14(11-13)12-7-5-4-6-8-12/h5,7,12-15,17H,4,6,8-11H2,1-3H3. The third-order valence-corrected chi connectivity index (χ3v) is 4.93. The molecule has 2 aliphatic rings. The van der Waals surface area contributed by atoms with Crippen molar-refractivity contribution in [1.82, 2.24) is 0 Å². The summed E-state index contributed by atoms with van der Waals surface area (Å²) in [5, 5.41) is 10.3. The lowest BCUT2D eigenvalue weighted by atomic mass is 9.64. The zero-order valence-electron chi connectivity index (χ0n) is 11.7. The van der Waals surface area contributed by atoms with E-state index in [1.807, 2.05) is 0 Å². The molecule has 0 heterocycles.